The van der Waals surface area contributed by atoms with Crippen molar-refractivity contribution in [1.29, 1.82) is 0 Å². The van der Waals surface area contributed by atoms with Crippen LogP contribution in [0.15, 0.2) is 36.4 Å². The van der Waals surface area contributed by atoms with Gasteiger partial charge in [-0.25, -0.2) is 0 Å². The third kappa shape index (κ3) is 2.74. The molecule has 1 aliphatic heterocycles. The van der Waals surface area contributed by atoms with E-state index in [1.165, 1.54) is 16.7 Å². The highest BCUT2D eigenvalue weighted by Gasteiger charge is 2.26. The molecule has 2 aromatic carbocycles. The number of phenols is 2. The predicted octanol–water partition coefficient (Wildman–Crippen LogP) is 2.88. The van der Waals surface area contributed by atoms with E-state index in [4.69, 9.17) is 4.74 Å². The van der Waals surface area contributed by atoms with Crippen LogP contribution in [-0.4, -0.2) is 35.8 Å². The van der Waals surface area contributed by atoms with Crippen molar-refractivity contribution in [2.45, 2.75) is 18.9 Å². The van der Waals surface area contributed by atoms with E-state index in [0.29, 0.717) is 5.75 Å². The Morgan fingerprint density at radius 1 is 1.18 bits per heavy atom. The first-order valence-electron chi connectivity index (χ1n) is 7.46. The number of nitrogens with zero attached hydrogens (tertiary/aromatic N) is 1. The van der Waals surface area contributed by atoms with E-state index in [-0.39, 0.29) is 17.5 Å². The fourth-order valence-electron chi connectivity index (χ4n) is 3.13. The quantitative estimate of drug-likeness (QED) is 0.915. The second kappa shape index (κ2) is 5.89. The van der Waals surface area contributed by atoms with Crippen molar-refractivity contribution >= 4 is 0 Å². The summed E-state index contributed by atoms with van der Waals surface area (Å²) in [5.74, 6) is 1.01. The van der Waals surface area contributed by atoms with E-state index in [0.717, 1.165) is 19.4 Å². The normalized spacial score (nSPS) is 18.0. The maximum atomic E-state index is 9.97. The van der Waals surface area contributed by atoms with Crippen molar-refractivity contribution < 1.29 is 14.9 Å². The molecule has 0 fully saturated rings. The summed E-state index contributed by atoms with van der Waals surface area (Å²) >= 11 is 0. The third-order valence-corrected chi connectivity index (χ3v) is 4.43. The molecular weight excluding hydrogens is 278 g/mol. The summed E-state index contributed by atoms with van der Waals surface area (Å²) in [5, 5.41) is 19.4. The number of hydrogen-bond donors (Lipinski definition) is 2. The van der Waals surface area contributed by atoms with Crippen molar-refractivity contribution in [3.63, 3.8) is 0 Å². The molecule has 0 spiro atoms. The van der Waals surface area contributed by atoms with Gasteiger partial charge in [-0.15, -0.1) is 0 Å². The smallest absolute Gasteiger partial charge is 0.160 e. The Morgan fingerprint density at radius 3 is 2.59 bits per heavy atom. The van der Waals surface area contributed by atoms with Gasteiger partial charge in [-0.3, -0.25) is 4.90 Å². The summed E-state index contributed by atoms with van der Waals surface area (Å²) < 4.78 is 5.26. The lowest BCUT2D eigenvalue weighted by Crippen LogP contribution is -2.33. The van der Waals surface area contributed by atoms with Gasteiger partial charge < -0.3 is 14.9 Å². The molecule has 1 aliphatic rings. The van der Waals surface area contributed by atoms with Crippen molar-refractivity contribution in [1.82, 2.24) is 4.90 Å². The molecule has 0 saturated carbocycles. The van der Waals surface area contributed by atoms with E-state index < -0.39 is 0 Å². The Hall–Kier alpha value is -2.20. The monoisotopic (exact) mass is 299 g/mol. The minimum absolute atomic E-state index is 0.203. The molecule has 1 atom stereocenters. The lowest BCUT2D eigenvalue weighted by molar-refractivity contribution is 0.228. The average Bonchev–Trinajstić information content (AvgIpc) is 2.52. The van der Waals surface area contributed by atoms with Gasteiger partial charge in [-0.2, -0.15) is 0 Å². The number of hydrogen-bond acceptors (Lipinski definition) is 4. The van der Waals surface area contributed by atoms with Crippen LogP contribution in [0.25, 0.3) is 0 Å². The maximum Gasteiger partial charge on any atom is 0.160 e. The molecule has 0 aliphatic carbocycles. The van der Waals surface area contributed by atoms with Crippen LogP contribution in [0.3, 0.4) is 0 Å². The average molecular weight is 299 g/mol. The molecule has 4 nitrogen and oxygen atoms in total. The van der Waals surface area contributed by atoms with Gasteiger partial charge in [0.25, 0.3) is 0 Å². The Kier molecular flexibility index (Phi) is 3.94. The van der Waals surface area contributed by atoms with Crippen LogP contribution in [-0.2, 0) is 12.8 Å². The Bertz CT molecular complexity index is 667. The summed E-state index contributed by atoms with van der Waals surface area (Å²) in [6.07, 6.45) is 1.78. The fourth-order valence-corrected chi connectivity index (χ4v) is 3.13. The summed E-state index contributed by atoms with van der Waals surface area (Å²) in [5.41, 5.74) is 3.56. The zero-order chi connectivity index (χ0) is 15.7. The molecule has 1 unspecified atom stereocenters. The molecule has 1 heterocycles. The van der Waals surface area contributed by atoms with Gasteiger partial charge in [-0.1, -0.05) is 12.1 Å². The second-order valence-electron chi connectivity index (χ2n) is 5.84. The van der Waals surface area contributed by atoms with Crippen LogP contribution in [0, 0.1) is 0 Å². The zero-order valence-corrected chi connectivity index (χ0v) is 12.9. The van der Waals surface area contributed by atoms with Gasteiger partial charge >= 0.3 is 0 Å². The van der Waals surface area contributed by atoms with Crippen LogP contribution < -0.4 is 4.74 Å². The second-order valence-corrected chi connectivity index (χ2v) is 5.84. The molecule has 0 saturated heterocycles. The molecule has 0 bridgehead atoms. The predicted molar refractivity (Wildman–Crippen MR) is 85.5 cm³/mol. The zero-order valence-electron chi connectivity index (χ0n) is 12.9. The van der Waals surface area contributed by atoms with Crippen molar-refractivity contribution in [2.24, 2.45) is 0 Å². The minimum atomic E-state index is 0.203. The van der Waals surface area contributed by atoms with Crippen LogP contribution in [0.4, 0.5) is 0 Å². The maximum absolute atomic E-state index is 9.97. The number of benzene rings is 2. The first-order valence-corrected chi connectivity index (χ1v) is 7.46. The number of rotatable bonds is 3. The largest absolute Gasteiger partial charge is 0.508 e. The lowest BCUT2D eigenvalue weighted by atomic mass is 9.88. The van der Waals surface area contributed by atoms with E-state index >= 15 is 0 Å². The lowest BCUT2D eigenvalue weighted by Gasteiger charge is -2.35. The Labute approximate surface area is 130 Å². The first kappa shape index (κ1) is 14.7. The van der Waals surface area contributed by atoms with Gasteiger partial charge in [0, 0.05) is 12.6 Å². The number of fused-ring (bicyclic) bond motifs is 1. The van der Waals surface area contributed by atoms with Gasteiger partial charge in [0.15, 0.2) is 11.5 Å². The van der Waals surface area contributed by atoms with Crippen LogP contribution >= 0.6 is 0 Å². The molecule has 0 radical (unpaired) electrons. The van der Waals surface area contributed by atoms with Crippen molar-refractivity contribution in [3.8, 4) is 17.2 Å². The van der Waals surface area contributed by atoms with E-state index in [9.17, 15) is 10.2 Å². The standard InChI is InChI=1S/C18H21NO3/c1-19-8-7-13-10-17(21)18(22-2)11-15(13)16(19)9-12-3-5-14(20)6-4-12/h3-6,10-11,16,20-21H,7-9H2,1-2H3. The summed E-state index contributed by atoms with van der Waals surface area (Å²) in [7, 11) is 3.69. The van der Waals surface area contributed by atoms with Crippen LogP contribution in [0.5, 0.6) is 17.2 Å². The highest BCUT2D eigenvalue weighted by Crippen LogP contribution is 2.38. The number of aromatic hydroxyl groups is 2. The van der Waals surface area contributed by atoms with E-state index in [1.54, 1.807) is 19.2 Å². The molecule has 22 heavy (non-hydrogen) atoms. The number of likely N-dealkylation sites (N-methyl/N-ethyl adjacent to an activating group) is 1. The minimum Gasteiger partial charge on any atom is -0.508 e. The van der Waals surface area contributed by atoms with Crippen LogP contribution in [0.1, 0.15) is 22.7 Å². The number of ether oxygens (including phenoxy) is 1. The Balaban J connectivity index is 1.96. The molecule has 3 rings (SSSR count). The van der Waals surface area contributed by atoms with Gasteiger partial charge in [0.05, 0.1) is 7.11 Å². The molecule has 2 aromatic rings. The summed E-state index contributed by atoms with van der Waals surface area (Å²) in [6.45, 7) is 0.960. The Morgan fingerprint density at radius 2 is 1.91 bits per heavy atom. The highest BCUT2D eigenvalue weighted by atomic mass is 16.5. The number of methoxy groups -OCH3 is 1. The molecule has 4 heteroatoms. The SMILES string of the molecule is COc1cc2c(cc1O)CCN(C)C2Cc1ccc(O)cc1. The molecule has 0 aromatic heterocycles. The topological polar surface area (TPSA) is 52.9 Å². The van der Waals surface area contributed by atoms with E-state index in [1.807, 2.05) is 24.3 Å². The highest BCUT2D eigenvalue weighted by molar-refractivity contribution is 5.49. The van der Waals surface area contributed by atoms with E-state index in [2.05, 4.69) is 11.9 Å². The first-order chi connectivity index (χ1) is 10.6. The summed E-state index contributed by atoms with van der Waals surface area (Å²) in [6, 6.07) is 11.4. The molecule has 0 amide bonds. The third-order valence-electron chi connectivity index (χ3n) is 4.43. The summed E-state index contributed by atoms with van der Waals surface area (Å²) in [4.78, 5) is 2.33. The van der Waals surface area contributed by atoms with Gasteiger partial charge in [0.2, 0.25) is 0 Å². The van der Waals surface area contributed by atoms with Crippen molar-refractivity contribution in [3.05, 3.63) is 53.1 Å². The van der Waals surface area contributed by atoms with Crippen LogP contribution in [0.2, 0.25) is 0 Å². The molecular formula is C18H21NO3. The number of phenolic OH excluding ortho intramolecular Hbond substituents is 2. The molecule has 2 N–H and O–H groups in total. The van der Waals surface area contributed by atoms with Crippen molar-refractivity contribution in [2.75, 3.05) is 20.7 Å². The molecule has 116 valence electrons. The van der Waals surface area contributed by atoms with Gasteiger partial charge in [0.1, 0.15) is 5.75 Å². The van der Waals surface area contributed by atoms with Gasteiger partial charge in [-0.05, 0) is 60.8 Å². The fraction of sp³-hybridized carbons (Fsp3) is 0.333.